The van der Waals surface area contributed by atoms with Crippen molar-refractivity contribution >= 4 is 5.97 Å². The highest BCUT2D eigenvalue weighted by Gasteiger charge is 2.18. The number of benzene rings is 2. The van der Waals surface area contributed by atoms with Crippen LogP contribution in [0.2, 0.25) is 0 Å². The van der Waals surface area contributed by atoms with Crippen molar-refractivity contribution < 1.29 is 29.2 Å². The van der Waals surface area contributed by atoms with E-state index in [4.69, 9.17) is 19.3 Å². The Balaban J connectivity index is 1.87. The molecule has 2 aromatic rings. The van der Waals surface area contributed by atoms with Gasteiger partial charge >= 0.3 is 5.97 Å². The van der Waals surface area contributed by atoms with Crippen LogP contribution in [0.3, 0.4) is 0 Å². The summed E-state index contributed by atoms with van der Waals surface area (Å²) in [5.41, 5.74) is 1.99. The third kappa shape index (κ3) is 8.21. The fraction of sp³-hybridized carbons (Fsp3) is 0.381. The van der Waals surface area contributed by atoms with E-state index < -0.39 is 18.2 Å². The molecule has 0 heterocycles. The summed E-state index contributed by atoms with van der Waals surface area (Å²) in [4.78, 5) is 10.8. The van der Waals surface area contributed by atoms with Crippen molar-refractivity contribution in [1.29, 1.82) is 0 Å². The number of aliphatic hydroxyl groups excluding tert-OH is 1. The lowest BCUT2D eigenvalue weighted by Gasteiger charge is -2.21. The Morgan fingerprint density at radius 2 is 1.67 bits per heavy atom. The van der Waals surface area contributed by atoms with Gasteiger partial charge in [0.15, 0.2) is 0 Å². The van der Waals surface area contributed by atoms with Crippen LogP contribution in [0.25, 0.3) is 0 Å². The van der Waals surface area contributed by atoms with Gasteiger partial charge in [0.05, 0.1) is 45.6 Å². The molecule has 2 aromatic carbocycles. The van der Waals surface area contributed by atoms with Crippen LogP contribution in [0.15, 0.2) is 54.6 Å². The Morgan fingerprint density at radius 3 is 2.30 bits per heavy atom. The molecule has 27 heavy (non-hydrogen) atoms. The van der Waals surface area contributed by atoms with E-state index in [1.165, 1.54) is 0 Å². The molecule has 146 valence electrons. The fourth-order valence-electron chi connectivity index (χ4n) is 2.59. The van der Waals surface area contributed by atoms with Gasteiger partial charge in [0.2, 0.25) is 0 Å². The molecular weight excluding hydrogens is 348 g/mol. The topological polar surface area (TPSA) is 85.2 Å². The van der Waals surface area contributed by atoms with Gasteiger partial charge < -0.3 is 24.4 Å². The number of carbonyl (C=O) groups is 1. The summed E-state index contributed by atoms with van der Waals surface area (Å²) in [5.74, 6) is -0.278. The third-order valence-corrected chi connectivity index (χ3v) is 4.01. The van der Waals surface area contributed by atoms with Crippen molar-refractivity contribution in [3.05, 3.63) is 65.7 Å². The molecule has 0 bridgehead atoms. The highest BCUT2D eigenvalue weighted by atomic mass is 16.5. The van der Waals surface area contributed by atoms with Crippen molar-refractivity contribution in [2.45, 2.75) is 38.3 Å². The number of aliphatic hydroxyl groups is 1. The average molecular weight is 374 g/mol. The molecule has 0 aromatic heterocycles. The van der Waals surface area contributed by atoms with Gasteiger partial charge in [-0.15, -0.1) is 0 Å². The molecule has 2 atom stereocenters. The zero-order valence-corrected chi connectivity index (χ0v) is 15.4. The van der Waals surface area contributed by atoms with E-state index in [1.54, 1.807) is 7.11 Å². The second-order valence-corrected chi connectivity index (χ2v) is 6.27. The molecule has 0 aliphatic carbocycles. The molecular formula is C21H26O6. The molecule has 0 fully saturated rings. The van der Waals surface area contributed by atoms with Crippen LogP contribution in [-0.2, 0) is 27.5 Å². The maximum Gasteiger partial charge on any atom is 0.305 e. The molecule has 0 unspecified atom stereocenters. The van der Waals surface area contributed by atoms with E-state index in [9.17, 15) is 9.90 Å². The van der Waals surface area contributed by atoms with Crippen LogP contribution in [0.4, 0.5) is 0 Å². The molecule has 2 N–H and O–H groups in total. The number of ether oxygens (including phenoxy) is 3. The summed E-state index contributed by atoms with van der Waals surface area (Å²) in [6.07, 6.45) is -1.52. The van der Waals surface area contributed by atoms with Crippen LogP contribution in [0, 0.1) is 0 Å². The van der Waals surface area contributed by atoms with E-state index in [0.717, 1.165) is 16.9 Å². The first-order valence-corrected chi connectivity index (χ1v) is 8.83. The van der Waals surface area contributed by atoms with E-state index in [1.807, 2.05) is 54.6 Å². The fourth-order valence-corrected chi connectivity index (χ4v) is 2.59. The lowest BCUT2D eigenvalue weighted by molar-refractivity contribution is -0.140. The van der Waals surface area contributed by atoms with Crippen molar-refractivity contribution in [3.63, 3.8) is 0 Å². The zero-order valence-electron chi connectivity index (χ0n) is 15.4. The smallest absolute Gasteiger partial charge is 0.305 e. The van der Waals surface area contributed by atoms with Gasteiger partial charge in [-0.25, -0.2) is 0 Å². The van der Waals surface area contributed by atoms with E-state index in [-0.39, 0.29) is 19.4 Å². The van der Waals surface area contributed by atoms with Crippen LogP contribution in [0.5, 0.6) is 5.75 Å². The first-order chi connectivity index (χ1) is 13.1. The van der Waals surface area contributed by atoms with Gasteiger partial charge in [-0.3, -0.25) is 4.79 Å². The van der Waals surface area contributed by atoms with Gasteiger partial charge in [-0.2, -0.15) is 0 Å². The van der Waals surface area contributed by atoms with Gasteiger partial charge in [-0.05, 0) is 23.3 Å². The number of rotatable bonds is 12. The maximum absolute atomic E-state index is 10.8. The lowest BCUT2D eigenvalue weighted by Crippen LogP contribution is -2.27. The Labute approximate surface area is 159 Å². The number of aliphatic carboxylic acids is 1. The SMILES string of the molecule is COc1ccc(CO[C@H](COCc2ccccc2)C[C@@H](O)CC(=O)O)cc1. The van der Waals surface area contributed by atoms with Gasteiger partial charge in [-0.1, -0.05) is 42.5 Å². The van der Waals surface area contributed by atoms with Crippen LogP contribution < -0.4 is 4.74 Å². The minimum atomic E-state index is -1.04. The predicted molar refractivity (Wildman–Crippen MR) is 101 cm³/mol. The number of carboxylic acids is 1. The number of methoxy groups -OCH3 is 1. The highest BCUT2D eigenvalue weighted by molar-refractivity contribution is 5.67. The van der Waals surface area contributed by atoms with Gasteiger partial charge in [0.25, 0.3) is 0 Å². The first-order valence-electron chi connectivity index (χ1n) is 8.83. The van der Waals surface area contributed by atoms with Crippen LogP contribution in [-0.4, -0.2) is 42.1 Å². The summed E-state index contributed by atoms with van der Waals surface area (Å²) in [7, 11) is 1.61. The maximum atomic E-state index is 10.8. The van der Waals surface area contributed by atoms with Crippen molar-refractivity contribution in [3.8, 4) is 5.75 Å². The first kappa shape index (κ1) is 20.9. The summed E-state index contributed by atoms with van der Waals surface area (Å²) < 4.78 is 16.7. The molecule has 0 spiro atoms. The molecule has 0 radical (unpaired) electrons. The Bertz CT molecular complexity index is 671. The molecule has 6 nitrogen and oxygen atoms in total. The second-order valence-electron chi connectivity index (χ2n) is 6.27. The van der Waals surface area contributed by atoms with Gasteiger partial charge in [0.1, 0.15) is 5.75 Å². The minimum absolute atomic E-state index is 0.192. The molecule has 0 amide bonds. The van der Waals surface area contributed by atoms with E-state index in [2.05, 4.69) is 0 Å². The quantitative estimate of drug-likeness (QED) is 0.594. The lowest BCUT2D eigenvalue weighted by atomic mass is 10.1. The van der Waals surface area contributed by atoms with E-state index >= 15 is 0 Å². The monoisotopic (exact) mass is 374 g/mol. The molecule has 0 saturated carbocycles. The molecule has 2 rings (SSSR count). The standard InChI is InChI=1S/C21H26O6/c1-25-19-9-7-17(8-10-19)14-27-20(11-18(22)12-21(23)24)15-26-13-16-5-3-2-4-6-16/h2-10,18,20,22H,11-15H2,1H3,(H,23,24)/t18-,20+/m1/s1. The summed E-state index contributed by atoms with van der Waals surface area (Å²) in [6, 6.07) is 17.2. The van der Waals surface area contributed by atoms with Crippen LogP contribution in [0.1, 0.15) is 24.0 Å². The van der Waals surface area contributed by atoms with Crippen molar-refractivity contribution in [1.82, 2.24) is 0 Å². The summed E-state index contributed by atoms with van der Waals surface area (Å²) in [6.45, 7) is 1.03. The molecule has 0 aliphatic heterocycles. The average Bonchev–Trinajstić information content (AvgIpc) is 2.66. The minimum Gasteiger partial charge on any atom is -0.497 e. The van der Waals surface area contributed by atoms with Gasteiger partial charge in [0, 0.05) is 6.42 Å². The van der Waals surface area contributed by atoms with Crippen LogP contribution >= 0.6 is 0 Å². The molecule has 0 aliphatic rings. The normalized spacial score (nSPS) is 13.1. The Kier molecular flexibility index (Phi) is 8.77. The predicted octanol–water partition coefficient (Wildman–Crippen LogP) is 3.02. The summed E-state index contributed by atoms with van der Waals surface area (Å²) >= 11 is 0. The Hall–Kier alpha value is -2.41. The number of hydrogen-bond donors (Lipinski definition) is 2. The number of hydrogen-bond acceptors (Lipinski definition) is 5. The largest absolute Gasteiger partial charge is 0.497 e. The van der Waals surface area contributed by atoms with E-state index in [0.29, 0.717) is 13.2 Å². The highest BCUT2D eigenvalue weighted by Crippen LogP contribution is 2.15. The van der Waals surface area contributed by atoms with Crippen molar-refractivity contribution in [2.24, 2.45) is 0 Å². The summed E-state index contributed by atoms with van der Waals surface area (Å²) in [5, 5.41) is 18.8. The molecule has 6 heteroatoms. The van der Waals surface area contributed by atoms with Crippen molar-refractivity contribution in [2.75, 3.05) is 13.7 Å². The number of carboxylic acid groups (broad SMARTS) is 1. The Morgan fingerprint density at radius 1 is 1.00 bits per heavy atom. The third-order valence-electron chi connectivity index (χ3n) is 4.01. The zero-order chi connectivity index (χ0) is 19.5. The second kappa shape index (κ2) is 11.3. The molecule has 0 saturated heterocycles.